The van der Waals surface area contributed by atoms with Crippen molar-refractivity contribution in [3.05, 3.63) is 35.8 Å². The molecule has 0 atom stereocenters. The Labute approximate surface area is 162 Å². The summed E-state index contributed by atoms with van der Waals surface area (Å²) in [5.74, 6) is 0.519. The summed E-state index contributed by atoms with van der Waals surface area (Å²) in [4.78, 5) is 9.40. The van der Waals surface area contributed by atoms with Crippen LogP contribution >= 0.6 is 0 Å². The van der Waals surface area contributed by atoms with Gasteiger partial charge in [0.1, 0.15) is 5.82 Å². The monoisotopic (exact) mass is 372 g/mol. The summed E-state index contributed by atoms with van der Waals surface area (Å²) in [6.07, 6.45) is 2.39. The van der Waals surface area contributed by atoms with E-state index in [-0.39, 0.29) is 5.82 Å². The molecule has 0 unspecified atom stereocenters. The molecule has 0 radical (unpaired) electrons. The highest BCUT2D eigenvalue weighted by atomic mass is 19.1. The van der Waals surface area contributed by atoms with E-state index in [9.17, 15) is 4.39 Å². The standard InChI is InChI=1S/C22H33FN4/c1-4-26(5-2)13-10-24-16-18-8-11-27(12-9-18)22-14-17(3)25-21-15-19(23)6-7-20(21)22/h6-7,14-15,18,24H,4-5,8-13,16H2,1-3H3. The highest BCUT2D eigenvalue weighted by Crippen LogP contribution is 2.30. The number of fused-ring (bicyclic) bond motifs is 1. The lowest BCUT2D eigenvalue weighted by Gasteiger charge is -2.34. The van der Waals surface area contributed by atoms with Gasteiger partial charge in [0.15, 0.2) is 0 Å². The zero-order valence-electron chi connectivity index (χ0n) is 17.0. The molecule has 1 saturated heterocycles. The van der Waals surface area contributed by atoms with Crippen molar-refractivity contribution < 1.29 is 4.39 Å². The molecule has 27 heavy (non-hydrogen) atoms. The van der Waals surface area contributed by atoms with E-state index in [2.05, 4.69) is 40.0 Å². The summed E-state index contributed by atoms with van der Waals surface area (Å²) in [7, 11) is 0. The second-order valence-corrected chi connectivity index (χ2v) is 7.61. The Morgan fingerprint density at radius 3 is 2.63 bits per heavy atom. The third-order valence-corrected chi connectivity index (χ3v) is 5.77. The van der Waals surface area contributed by atoms with Gasteiger partial charge in [0.2, 0.25) is 0 Å². The predicted octanol–water partition coefficient (Wildman–Crippen LogP) is 3.83. The Balaban J connectivity index is 1.54. The van der Waals surface area contributed by atoms with E-state index < -0.39 is 0 Å². The third kappa shape index (κ3) is 5.17. The number of likely N-dealkylation sites (N-methyl/N-ethyl adjacent to an activating group) is 1. The summed E-state index contributed by atoms with van der Waals surface area (Å²) in [6.45, 7) is 14.1. The lowest BCUT2D eigenvalue weighted by Crippen LogP contribution is -2.39. The van der Waals surface area contributed by atoms with E-state index in [0.717, 1.165) is 68.3 Å². The van der Waals surface area contributed by atoms with E-state index in [1.165, 1.54) is 24.6 Å². The molecule has 4 nitrogen and oxygen atoms in total. The van der Waals surface area contributed by atoms with E-state index in [1.807, 2.05) is 13.0 Å². The Kier molecular flexibility index (Phi) is 7.02. The van der Waals surface area contributed by atoms with Crippen LogP contribution in [-0.2, 0) is 0 Å². The van der Waals surface area contributed by atoms with Gasteiger partial charge in [-0.3, -0.25) is 4.98 Å². The number of pyridine rings is 1. The molecule has 2 aromatic rings. The number of hydrogen-bond acceptors (Lipinski definition) is 4. The molecule has 1 aromatic heterocycles. The first-order valence-electron chi connectivity index (χ1n) is 10.4. The summed E-state index contributed by atoms with van der Waals surface area (Å²) < 4.78 is 13.6. The van der Waals surface area contributed by atoms with Crippen molar-refractivity contribution in [2.24, 2.45) is 5.92 Å². The van der Waals surface area contributed by atoms with Gasteiger partial charge < -0.3 is 15.1 Å². The maximum Gasteiger partial charge on any atom is 0.125 e. The van der Waals surface area contributed by atoms with Crippen LogP contribution in [0.5, 0.6) is 0 Å². The smallest absolute Gasteiger partial charge is 0.125 e. The van der Waals surface area contributed by atoms with Crippen molar-refractivity contribution >= 4 is 16.6 Å². The number of hydrogen-bond donors (Lipinski definition) is 1. The van der Waals surface area contributed by atoms with Gasteiger partial charge in [-0.05, 0) is 63.5 Å². The summed E-state index contributed by atoms with van der Waals surface area (Å²) >= 11 is 0. The fourth-order valence-electron chi connectivity index (χ4n) is 4.03. The second kappa shape index (κ2) is 9.47. The van der Waals surface area contributed by atoms with Crippen LogP contribution < -0.4 is 10.2 Å². The van der Waals surface area contributed by atoms with Gasteiger partial charge in [0.25, 0.3) is 0 Å². The lowest BCUT2D eigenvalue weighted by atomic mass is 9.96. The first-order valence-corrected chi connectivity index (χ1v) is 10.4. The molecule has 0 spiro atoms. The van der Waals surface area contributed by atoms with Gasteiger partial charge >= 0.3 is 0 Å². The van der Waals surface area contributed by atoms with Crippen molar-refractivity contribution in [3.8, 4) is 0 Å². The second-order valence-electron chi connectivity index (χ2n) is 7.61. The number of halogens is 1. The van der Waals surface area contributed by atoms with Gasteiger partial charge in [-0.25, -0.2) is 4.39 Å². The first kappa shape index (κ1) is 20.0. The minimum Gasteiger partial charge on any atom is -0.371 e. The number of nitrogens with zero attached hydrogens (tertiary/aromatic N) is 3. The highest BCUT2D eigenvalue weighted by molar-refractivity contribution is 5.92. The fourth-order valence-corrected chi connectivity index (χ4v) is 4.03. The highest BCUT2D eigenvalue weighted by Gasteiger charge is 2.21. The number of rotatable bonds is 8. The Morgan fingerprint density at radius 1 is 1.19 bits per heavy atom. The molecule has 0 saturated carbocycles. The molecule has 0 amide bonds. The number of nitrogens with one attached hydrogen (secondary N) is 1. The summed E-state index contributed by atoms with van der Waals surface area (Å²) in [5.41, 5.74) is 2.90. The van der Waals surface area contributed by atoms with Crippen molar-refractivity contribution in [2.45, 2.75) is 33.6 Å². The topological polar surface area (TPSA) is 31.4 Å². The molecule has 0 bridgehead atoms. The van der Waals surface area contributed by atoms with Crippen molar-refractivity contribution in [1.29, 1.82) is 0 Å². The SMILES string of the molecule is CCN(CC)CCNCC1CCN(c2cc(C)nc3cc(F)ccc23)CC1. The van der Waals surface area contributed by atoms with Crippen LogP contribution in [0.4, 0.5) is 10.1 Å². The molecular formula is C22H33FN4. The maximum atomic E-state index is 13.6. The van der Waals surface area contributed by atoms with Crippen LogP contribution in [0.25, 0.3) is 10.9 Å². The zero-order valence-corrected chi connectivity index (χ0v) is 17.0. The molecule has 1 aliphatic heterocycles. The fraction of sp³-hybridized carbons (Fsp3) is 0.591. The van der Waals surface area contributed by atoms with Crippen LogP contribution in [0.3, 0.4) is 0 Å². The lowest BCUT2D eigenvalue weighted by molar-refractivity contribution is 0.294. The van der Waals surface area contributed by atoms with Gasteiger partial charge in [-0.15, -0.1) is 0 Å². The van der Waals surface area contributed by atoms with Gasteiger partial charge in [0, 0.05) is 49.0 Å². The van der Waals surface area contributed by atoms with E-state index in [0.29, 0.717) is 0 Å². The average molecular weight is 373 g/mol. The van der Waals surface area contributed by atoms with Crippen LogP contribution in [0.1, 0.15) is 32.4 Å². The minimum absolute atomic E-state index is 0.221. The molecule has 1 aromatic carbocycles. The quantitative estimate of drug-likeness (QED) is 0.714. The molecule has 1 fully saturated rings. The number of piperidine rings is 1. The maximum absolute atomic E-state index is 13.6. The first-order chi connectivity index (χ1) is 13.1. The minimum atomic E-state index is -0.221. The van der Waals surface area contributed by atoms with Crippen molar-refractivity contribution in [2.75, 3.05) is 50.7 Å². The van der Waals surface area contributed by atoms with Gasteiger partial charge in [0.05, 0.1) is 5.52 Å². The van der Waals surface area contributed by atoms with Crippen LogP contribution in [0.2, 0.25) is 0 Å². The van der Waals surface area contributed by atoms with Crippen LogP contribution in [-0.4, -0.2) is 55.7 Å². The van der Waals surface area contributed by atoms with E-state index in [4.69, 9.17) is 0 Å². The van der Waals surface area contributed by atoms with Crippen molar-refractivity contribution in [3.63, 3.8) is 0 Å². The van der Waals surface area contributed by atoms with Crippen LogP contribution in [0, 0.1) is 18.7 Å². The number of anilines is 1. The zero-order chi connectivity index (χ0) is 19.2. The predicted molar refractivity (Wildman–Crippen MR) is 112 cm³/mol. The summed E-state index contributed by atoms with van der Waals surface area (Å²) in [6, 6.07) is 7.09. The molecule has 0 aliphatic carbocycles. The Hall–Kier alpha value is -1.72. The molecule has 148 valence electrons. The number of aromatic nitrogens is 1. The Bertz CT molecular complexity index is 731. The number of benzene rings is 1. The molecule has 2 heterocycles. The average Bonchev–Trinajstić information content (AvgIpc) is 2.67. The number of aryl methyl sites for hydroxylation is 1. The molecular weight excluding hydrogens is 339 g/mol. The van der Waals surface area contributed by atoms with Gasteiger partial charge in [-0.2, -0.15) is 0 Å². The van der Waals surface area contributed by atoms with E-state index in [1.54, 1.807) is 6.07 Å². The molecule has 3 rings (SSSR count). The summed E-state index contributed by atoms with van der Waals surface area (Å²) in [5, 5.41) is 4.70. The van der Waals surface area contributed by atoms with E-state index >= 15 is 0 Å². The van der Waals surface area contributed by atoms with Crippen LogP contribution in [0.15, 0.2) is 24.3 Å². The largest absolute Gasteiger partial charge is 0.371 e. The van der Waals surface area contributed by atoms with Crippen molar-refractivity contribution in [1.82, 2.24) is 15.2 Å². The van der Waals surface area contributed by atoms with Gasteiger partial charge in [-0.1, -0.05) is 13.8 Å². The normalized spacial score (nSPS) is 15.8. The molecule has 5 heteroatoms. The molecule has 1 aliphatic rings. The molecule has 1 N–H and O–H groups in total. The Morgan fingerprint density at radius 2 is 1.93 bits per heavy atom. The third-order valence-electron chi connectivity index (χ3n) is 5.77.